The Hall–Kier alpha value is -4.20. The van der Waals surface area contributed by atoms with E-state index in [0.29, 0.717) is 47.7 Å². The smallest absolute Gasteiger partial charge is 0.251 e. The Labute approximate surface area is 338 Å². The lowest BCUT2D eigenvalue weighted by molar-refractivity contribution is -0.183. The van der Waals surface area contributed by atoms with E-state index in [-0.39, 0.29) is 42.5 Å². The fraction of sp³-hybridized carbons (Fsp3) is 0.556. The average Bonchev–Trinajstić information content (AvgIpc) is 3.53. The van der Waals surface area contributed by atoms with Crippen LogP contribution in [0.5, 0.6) is 5.75 Å². The SMILES string of the molecule is COc1c(CN2O[C@@H](CO)[C@@H]([C@H](C)O)[C@H]2C(=O)N[C@H]2C[C@H]3C[C@@H]([C@@H]2C)C3(C)C)cccc1-c1cc(C(=O)NC(Cc2cccc(N)c2)CN(C)C)cc(N(C)C)c1. The number of aliphatic hydroxyl groups is 2. The minimum absolute atomic E-state index is 0.0301. The van der Waals surface area contributed by atoms with Crippen molar-refractivity contribution >= 4 is 23.2 Å². The first-order chi connectivity index (χ1) is 27.0. The predicted molar refractivity (Wildman–Crippen MR) is 225 cm³/mol. The van der Waals surface area contributed by atoms with Crippen LogP contribution in [0.4, 0.5) is 11.4 Å². The van der Waals surface area contributed by atoms with E-state index >= 15 is 0 Å². The minimum atomic E-state index is -0.909. The zero-order chi connectivity index (χ0) is 41.3. The molecule has 1 heterocycles. The molecule has 57 heavy (non-hydrogen) atoms. The number of hydrogen-bond acceptors (Lipinski definition) is 10. The fourth-order valence-electron chi connectivity index (χ4n) is 9.86. The van der Waals surface area contributed by atoms with Gasteiger partial charge in [0.2, 0.25) is 5.91 Å². The molecule has 2 amide bonds. The van der Waals surface area contributed by atoms with Gasteiger partial charge in [-0.25, -0.2) is 0 Å². The summed E-state index contributed by atoms with van der Waals surface area (Å²) < 4.78 is 6.11. The van der Waals surface area contributed by atoms with E-state index in [1.54, 1.807) is 19.1 Å². The maximum absolute atomic E-state index is 14.3. The topological polar surface area (TPSA) is 153 Å². The van der Waals surface area contributed by atoms with Crippen molar-refractivity contribution < 1.29 is 29.4 Å². The summed E-state index contributed by atoms with van der Waals surface area (Å²) in [6.45, 7) is 9.00. The number of benzene rings is 3. The average molecular weight is 785 g/mol. The molecule has 7 rings (SSSR count). The van der Waals surface area contributed by atoms with Crippen molar-refractivity contribution in [1.29, 1.82) is 0 Å². The molecule has 1 aliphatic heterocycles. The Bertz CT molecular complexity index is 1900. The molecule has 4 aliphatic rings. The van der Waals surface area contributed by atoms with Gasteiger partial charge >= 0.3 is 0 Å². The lowest BCUT2D eigenvalue weighted by Crippen LogP contribution is -2.62. The number of likely N-dealkylation sites (N-methyl/N-ethyl adjacent to an activating group) is 1. The largest absolute Gasteiger partial charge is 0.496 e. The fourth-order valence-corrected chi connectivity index (χ4v) is 9.86. The molecule has 4 fully saturated rings. The number of amides is 2. The second kappa shape index (κ2) is 17.3. The zero-order valence-corrected chi connectivity index (χ0v) is 35.2. The summed E-state index contributed by atoms with van der Waals surface area (Å²) in [5, 5.41) is 29.6. The molecule has 12 nitrogen and oxygen atoms in total. The number of anilines is 2. The van der Waals surface area contributed by atoms with E-state index in [1.807, 2.05) is 93.8 Å². The maximum Gasteiger partial charge on any atom is 0.251 e. The van der Waals surface area contributed by atoms with Gasteiger partial charge in [0.15, 0.2) is 0 Å². The maximum atomic E-state index is 14.3. The third kappa shape index (κ3) is 8.95. The molecule has 0 spiro atoms. The third-order valence-electron chi connectivity index (χ3n) is 13.1. The molecule has 0 aromatic heterocycles. The van der Waals surface area contributed by atoms with Gasteiger partial charge in [0.05, 0.1) is 26.4 Å². The lowest BCUT2D eigenvalue weighted by atomic mass is 9.45. The standard InChI is InChI=1S/C45H64N6O6/c1-26-37-21-32(45(37,3)4)22-38(26)48-44(55)41-40(27(2)53)39(25-52)57-51(41)23-29-13-11-15-36(42(29)56-9)30-18-31(20-35(19-30)50(7)8)43(54)47-34(24-49(5)6)17-28-12-10-14-33(46)16-28/h10-16,18-20,26-27,32,34,37-41,52-53H,17,21-25,46H2,1-9H3,(H,47,54)(H,48,55)/t26-,27-,32+,34?,37-,38-,39-,40+,41-/m0/s1. The van der Waals surface area contributed by atoms with Crippen LogP contribution in [-0.2, 0) is 22.6 Å². The summed E-state index contributed by atoms with van der Waals surface area (Å²) in [5.41, 5.74) is 11.7. The molecule has 3 aromatic carbocycles. The molecule has 3 aliphatic carbocycles. The van der Waals surface area contributed by atoms with E-state index in [4.69, 9.17) is 15.3 Å². The number of carbonyl (C=O) groups is 2. The number of nitrogens with one attached hydrogen (secondary N) is 2. The number of hydroxylamine groups is 2. The molecule has 6 N–H and O–H groups in total. The molecule has 12 heteroatoms. The van der Waals surface area contributed by atoms with Crippen molar-refractivity contribution in [2.45, 2.75) is 83.8 Å². The van der Waals surface area contributed by atoms with Crippen LogP contribution in [0.2, 0.25) is 0 Å². The van der Waals surface area contributed by atoms with E-state index < -0.39 is 24.2 Å². The number of hydrogen-bond donors (Lipinski definition) is 5. The molecule has 3 saturated carbocycles. The molecule has 1 unspecified atom stereocenters. The van der Waals surface area contributed by atoms with Crippen molar-refractivity contribution in [2.75, 3.05) is 59.1 Å². The monoisotopic (exact) mass is 784 g/mol. The number of nitrogen functional groups attached to an aromatic ring is 1. The van der Waals surface area contributed by atoms with Crippen molar-refractivity contribution in [3.63, 3.8) is 0 Å². The summed E-state index contributed by atoms with van der Waals surface area (Å²) >= 11 is 0. The van der Waals surface area contributed by atoms with Gasteiger partial charge in [0, 0.05) is 66.7 Å². The first-order valence-corrected chi connectivity index (χ1v) is 20.3. The molecule has 9 atom stereocenters. The normalized spacial score (nSPS) is 26.4. The molecular weight excluding hydrogens is 721 g/mol. The minimum Gasteiger partial charge on any atom is -0.496 e. The number of para-hydroxylation sites is 1. The summed E-state index contributed by atoms with van der Waals surface area (Å²) in [4.78, 5) is 38.7. The Balaban J connectivity index is 1.28. The second-order valence-electron chi connectivity index (χ2n) is 17.8. The Morgan fingerprint density at radius 3 is 2.42 bits per heavy atom. The number of carbonyl (C=O) groups excluding carboxylic acids is 2. The Morgan fingerprint density at radius 1 is 1.07 bits per heavy atom. The van der Waals surface area contributed by atoms with Crippen LogP contribution in [-0.4, -0.2) is 111 Å². The summed E-state index contributed by atoms with van der Waals surface area (Å²) in [6.07, 6.45) is 1.07. The van der Waals surface area contributed by atoms with Gasteiger partial charge in [0.25, 0.3) is 5.91 Å². The van der Waals surface area contributed by atoms with Gasteiger partial charge in [-0.1, -0.05) is 51.1 Å². The summed E-state index contributed by atoms with van der Waals surface area (Å²) in [7, 11) is 9.45. The molecule has 310 valence electrons. The second-order valence-corrected chi connectivity index (χ2v) is 17.8. The van der Waals surface area contributed by atoms with Gasteiger partial charge < -0.3 is 41.1 Å². The van der Waals surface area contributed by atoms with Crippen LogP contribution >= 0.6 is 0 Å². The van der Waals surface area contributed by atoms with Crippen molar-refractivity contribution in [3.05, 3.63) is 77.4 Å². The first kappa shape index (κ1) is 42.4. The highest BCUT2D eigenvalue weighted by Gasteiger charge is 2.57. The highest BCUT2D eigenvalue weighted by molar-refractivity contribution is 5.97. The number of fused-ring (bicyclic) bond motifs is 2. The van der Waals surface area contributed by atoms with Crippen LogP contribution < -0.4 is 26.0 Å². The number of rotatable bonds is 15. The number of nitrogens with two attached hydrogens (primary N) is 1. The molecule has 3 aromatic rings. The van der Waals surface area contributed by atoms with Crippen molar-refractivity contribution in [3.8, 4) is 16.9 Å². The van der Waals surface area contributed by atoms with Crippen molar-refractivity contribution in [2.24, 2.45) is 29.1 Å². The van der Waals surface area contributed by atoms with E-state index in [1.165, 1.54) is 6.42 Å². The first-order valence-electron chi connectivity index (χ1n) is 20.3. The summed E-state index contributed by atoms with van der Waals surface area (Å²) in [6, 6.07) is 18.3. The zero-order valence-electron chi connectivity index (χ0n) is 35.2. The third-order valence-corrected chi connectivity index (χ3v) is 13.1. The lowest BCUT2D eigenvalue weighted by Gasteiger charge is -2.62. The molecule has 2 bridgehead atoms. The number of methoxy groups -OCH3 is 1. The molecule has 0 radical (unpaired) electrons. The van der Waals surface area contributed by atoms with Gasteiger partial charge in [-0.2, -0.15) is 5.06 Å². The van der Waals surface area contributed by atoms with Crippen LogP contribution in [0, 0.1) is 29.1 Å². The number of nitrogens with zero attached hydrogens (tertiary/aromatic N) is 3. The Morgan fingerprint density at radius 2 is 1.81 bits per heavy atom. The number of ether oxygens (including phenoxy) is 1. The van der Waals surface area contributed by atoms with Gasteiger partial charge in [-0.3, -0.25) is 14.4 Å². The predicted octanol–water partition coefficient (Wildman–Crippen LogP) is 4.57. The highest BCUT2D eigenvalue weighted by Crippen LogP contribution is 2.61. The van der Waals surface area contributed by atoms with E-state index in [9.17, 15) is 19.8 Å². The van der Waals surface area contributed by atoms with Gasteiger partial charge in [0.1, 0.15) is 17.9 Å². The number of aliphatic hydroxyl groups excluding tert-OH is 2. The van der Waals surface area contributed by atoms with E-state index in [0.717, 1.165) is 34.4 Å². The Kier molecular flexibility index (Phi) is 12.9. The molecular formula is C45H64N6O6. The van der Waals surface area contributed by atoms with Crippen LogP contribution in [0.1, 0.15) is 62.0 Å². The highest BCUT2D eigenvalue weighted by atomic mass is 16.7. The van der Waals surface area contributed by atoms with Gasteiger partial charge in [-0.15, -0.1) is 0 Å². The van der Waals surface area contributed by atoms with Crippen LogP contribution in [0.3, 0.4) is 0 Å². The quantitative estimate of drug-likeness (QED) is 0.139. The van der Waals surface area contributed by atoms with Crippen LogP contribution in [0.25, 0.3) is 11.1 Å². The van der Waals surface area contributed by atoms with Crippen molar-refractivity contribution in [1.82, 2.24) is 20.6 Å². The van der Waals surface area contributed by atoms with Gasteiger partial charge in [-0.05, 0) is 105 Å². The molecule has 1 saturated heterocycles. The van der Waals surface area contributed by atoms with E-state index in [2.05, 4.69) is 36.3 Å². The summed E-state index contributed by atoms with van der Waals surface area (Å²) in [5.74, 6) is 0.955. The van der Waals surface area contributed by atoms with Crippen LogP contribution in [0.15, 0.2) is 60.7 Å².